The Morgan fingerprint density at radius 3 is 2.09 bits per heavy atom. The first-order valence-electron chi connectivity index (χ1n) is 12.8. The fourth-order valence-corrected chi connectivity index (χ4v) is 5.05. The van der Waals surface area contributed by atoms with Crippen LogP contribution in [0.25, 0.3) is 0 Å². The first-order chi connectivity index (χ1) is 16.1. The molecular formula is C29H41ClFNO2. The van der Waals surface area contributed by atoms with Gasteiger partial charge in [0.05, 0.1) is 14.2 Å². The molecule has 1 aliphatic rings. The minimum absolute atomic E-state index is 0. The summed E-state index contributed by atoms with van der Waals surface area (Å²) < 4.78 is 28.3. The number of nitrogens with zero attached hydrogens (tertiary/aromatic N) is 1. The monoisotopic (exact) mass is 489 g/mol. The van der Waals surface area contributed by atoms with Gasteiger partial charge in [-0.05, 0) is 37.1 Å². The molecule has 3 rings (SSSR count). The predicted molar refractivity (Wildman–Crippen MR) is 135 cm³/mol. The quantitative estimate of drug-likeness (QED) is 0.296. The fourth-order valence-electron chi connectivity index (χ4n) is 5.05. The normalized spacial score (nSPS) is 15.0. The van der Waals surface area contributed by atoms with E-state index in [0.29, 0.717) is 5.69 Å². The van der Waals surface area contributed by atoms with E-state index in [1.165, 1.54) is 62.6 Å². The van der Waals surface area contributed by atoms with E-state index < -0.39 is 0 Å². The molecule has 0 radical (unpaired) electrons. The summed E-state index contributed by atoms with van der Waals surface area (Å²) in [7, 11) is 3.35. The average molecular weight is 490 g/mol. The highest BCUT2D eigenvalue weighted by molar-refractivity contribution is 6.00. The lowest BCUT2D eigenvalue weighted by Crippen LogP contribution is -3.00. The second-order valence-corrected chi connectivity index (χ2v) is 9.26. The van der Waals surface area contributed by atoms with Gasteiger partial charge in [0.25, 0.3) is 0 Å². The van der Waals surface area contributed by atoms with Crippen molar-refractivity contribution >= 4 is 11.4 Å². The van der Waals surface area contributed by atoms with Crippen molar-refractivity contribution < 1.29 is 30.8 Å². The number of para-hydroxylation sites is 1. The zero-order valence-corrected chi connectivity index (χ0v) is 22.1. The predicted octanol–water partition coefficient (Wildman–Crippen LogP) is 4.85. The Kier molecular flexibility index (Phi) is 11.9. The van der Waals surface area contributed by atoms with E-state index in [1.807, 2.05) is 12.1 Å². The number of hydrogen-bond donors (Lipinski definition) is 0. The number of halogens is 2. The molecule has 0 saturated heterocycles. The molecule has 2 aromatic rings. The minimum Gasteiger partial charge on any atom is -1.00 e. The van der Waals surface area contributed by atoms with Crippen LogP contribution in [-0.2, 0) is 6.42 Å². The molecule has 0 fully saturated rings. The van der Waals surface area contributed by atoms with Crippen LogP contribution >= 0.6 is 0 Å². The molecule has 0 spiro atoms. The topological polar surface area (TPSA) is 21.5 Å². The number of unbranched alkanes of at least 4 members (excludes halogenated alkanes) is 8. The van der Waals surface area contributed by atoms with Crippen LogP contribution in [0.15, 0.2) is 36.4 Å². The summed E-state index contributed by atoms with van der Waals surface area (Å²) in [6, 6.07) is 11.5. The molecule has 1 aliphatic heterocycles. The largest absolute Gasteiger partial charge is 1.00 e. The van der Waals surface area contributed by atoms with E-state index in [0.717, 1.165) is 36.3 Å². The molecule has 3 nitrogen and oxygen atoms in total. The Labute approximate surface area is 211 Å². The van der Waals surface area contributed by atoms with Crippen LogP contribution in [0, 0.1) is 5.82 Å². The summed E-state index contributed by atoms with van der Waals surface area (Å²) in [5.74, 6) is 1.31. The van der Waals surface area contributed by atoms with Crippen molar-refractivity contribution in [1.82, 2.24) is 0 Å². The van der Waals surface area contributed by atoms with Gasteiger partial charge in [0.1, 0.15) is 0 Å². The van der Waals surface area contributed by atoms with Crippen LogP contribution < -0.4 is 21.9 Å². The van der Waals surface area contributed by atoms with Crippen molar-refractivity contribution in [3.8, 4) is 11.5 Å². The Balaban J connectivity index is 0.00000408. The summed E-state index contributed by atoms with van der Waals surface area (Å²) >= 11 is 0. The average Bonchev–Trinajstić information content (AvgIpc) is 2.82. The number of hydrogen-bond acceptors (Lipinski definition) is 2. The molecule has 0 saturated carbocycles. The van der Waals surface area contributed by atoms with Gasteiger partial charge in [0.2, 0.25) is 5.69 Å². The molecule has 1 atom stereocenters. The van der Waals surface area contributed by atoms with E-state index in [2.05, 4.69) is 30.6 Å². The van der Waals surface area contributed by atoms with Crippen LogP contribution in [0.5, 0.6) is 11.5 Å². The lowest BCUT2D eigenvalue weighted by molar-refractivity contribution is -0.485. The Hall–Kier alpha value is -2.07. The molecule has 5 heteroatoms. The molecule has 0 aliphatic carbocycles. The van der Waals surface area contributed by atoms with Gasteiger partial charge in [-0.2, -0.15) is 8.97 Å². The summed E-state index contributed by atoms with van der Waals surface area (Å²) in [6.45, 7) is 4.45. The minimum atomic E-state index is -0.169. The first kappa shape index (κ1) is 28.2. The SMILES string of the molecule is CCCCCCCCCCCC1=[N+](c2ccccc2F)C(C)Cc2cc(OC)c(OC)cc21.[Cl-]. The van der Waals surface area contributed by atoms with Crippen molar-refractivity contribution in [1.29, 1.82) is 0 Å². The fraction of sp³-hybridized carbons (Fsp3) is 0.552. The molecule has 34 heavy (non-hydrogen) atoms. The Morgan fingerprint density at radius 2 is 1.47 bits per heavy atom. The maximum absolute atomic E-state index is 14.9. The van der Waals surface area contributed by atoms with Crippen LogP contribution in [0.1, 0.15) is 89.2 Å². The second kappa shape index (κ2) is 14.4. The second-order valence-electron chi connectivity index (χ2n) is 9.26. The van der Waals surface area contributed by atoms with Crippen molar-refractivity contribution in [2.45, 2.75) is 90.5 Å². The lowest BCUT2D eigenvalue weighted by Gasteiger charge is -2.25. The summed E-state index contributed by atoms with van der Waals surface area (Å²) in [5, 5.41) is 0. The highest BCUT2D eigenvalue weighted by Gasteiger charge is 2.35. The third kappa shape index (κ3) is 6.97. The van der Waals surface area contributed by atoms with Crippen LogP contribution in [0.2, 0.25) is 0 Å². The number of fused-ring (bicyclic) bond motifs is 1. The molecule has 1 heterocycles. The van der Waals surface area contributed by atoms with E-state index in [-0.39, 0.29) is 24.3 Å². The first-order valence-corrected chi connectivity index (χ1v) is 12.8. The van der Waals surface area contributed by atoms with E-state index >= 15 is 0 Å². The Bertz CT molecular complexity index is 944. The maximum Gasteiger partial charge on any atom is 0.241 e. The summed E-state index contributed by atoms with van der Waals surface area (Å²) in [4.78, 5) is 0. The molecule has 2 aromatic carbocycles. The van der Waals surface area contributed by atoms with Crippen LogP contribution in [0.4, 0.5) is 10.1 Å². The number of rotatable bonds is 13. The number of ether oxygens (including phenoxy) is 2. The van der Waals surface area contributed by atoms with Gasteiger partial charge in [-0.15, -0.1) is 0 Å². The summed E-state index contributed by atoms with van der Waals surface area (Å²) in [5.41, 5.74) is 4.27. The zero-order valence-electron chi connectivity index (χ0n) is 21.3. The Morgan fingerprint density at radius 1 is 0.882 bits per heavy atom. The van der Waals surface area contributed by atoms with Gasteiger partial charge in [-0.25, -0.2) is 0 Å². The van der Waals surface area contributed by atoms with Crippen molar-refractivity contribution in [2.75, 3.05) is 14.2 Å². The smallest absolute Gasteiger partial charge is 0.241 e. The van der Waals surface area contributed by atoms with Gasteiger partial charge in [0.15, 0.2) is 29.1 Å². The number of benzene rings is 2. The zero-order chi connectivity index (χ0) is 23.6. The third-order valence-electron chi connectivity index (χ3n) is 6.80. The van der Waals surface area contributed by atoms with E-state index in [4.69, 9.17) is 9.47 Å². The molecule has 0 N–H and O–H groups in total. The molecular weight excluding hydrogens is 449 g/mol. The van der Waals surface area contributed by atoms with Gasteiger partial charge in [-0.1, -0.05) is 70.4 Å². The van der Waals surface area contributed by atoms with Crippen molar-refractivity contribution in [3.05, 3.63) is 53.3 Å². The molecule has 0 bridgehead atoms. The summed E-state index contributed by atoms with van der Waals surface area (Å²) in [6.07, 6.45) is 13.4. The lowest BCUT2D eigenvalue weighted by atomic mass is 9.89. The highest BCUT2D eigenvalue weighted by Crippen LogP contribution is 2.36. The van der Waals surface area contributed by atoms with Gasteiger partial charge in [-0.3, -0.25) is 0 Å². The number of methoxy groups -OCH3 is 2. The molecule has 0 aromatic heterocycles. The standard InChI is InChI=1S/C29H41FNO2.ClH/c1-5-6-7-8-9-10-11-12-13-17-26-24-21-29(33-4)28(32-3)20-23(24)19-22(2)31(26)27-18-15-14-16-25(27)30;/h14-16,18,20-22H,5-13,17,19H2,1-4H3;1H/q+1;/p-1. The van der Waals surface area contributed by atoms with Crippen LogP contribution in [0.3, 0.4) is 0 Å². The van der Waals surface area contributed by atoms with Crippen molar-refractivity contribution in [3.63, 3.8) is 0 Å². The highest BCUT2D eigenvalue weighted by atomic mass is 35.5. The molecule has 1 unspecified atom stereocenters. The van der Waals surface area contributed by atoms with Crippen molar-refractivity contribution in [2.24, 2.45) is 0 Å². The van der Waals surface area contributed by atoms with E-state index in [9.17, 15) is 4.39 Å². The van der Waals surface area contributed by atoms with Crippen LogP contribution in [-0.4, -0.2) is 30.5 Å². The third-order valence-corrected chi connectivity index (χ3v) is 6.80. The van der Waals surface area contributed by atoms with Gasteiger partial charge in [0, 0.05) is 24.5 Å². The van der Waals surface area contributed by atoms with Gasteiger partial charge < -0.3 is 21.9 Å². The molecule has 0 amide bonds. The van der Waals surface area contributed by atoms with E-state index in [1.54, 1.807) is 26.4 Å². The maximum atomic E-state index is 14.9. The van der Waals surface area contributed by atoms with Gasteiger partial charge >= 0.3 is 0 Å². The molecule has 188 valence electrons.